The molecule has 0 radical (unpaired) electrons. The first kappa shape index (κ1) is 18.1. The van der Waals surface area contributed by atoms with Gasteiger partial charge in [0.15, 0.2) is 5.82 Å². The van der Waals surface area contributed by atoms with Crippen molar-refractivity contribution in [2.24, 2.45) is 5.73 Å². The second kappa shape index (κ2) is 8.12. The van der Waals surface area contributed by atoms with Crippen LogP contribution in [-0.4, -0.2) is 29.2 Å². The highest BCUT2D eigenvalue weighted by Crippen LogP contribution is 2.31. The largest absolute Gasteiger partial charge is 0.496 e. The smallest absolute Gasteiger partial charge is 0.240 e. The number of nitrogens with zero attached hydrogens (tertiary/aromatic N) is 3. The van der Waals surface area contributed by atoms with Crippen LogP contribution in [0.5, 0.6) is 5.75 Å². The van der Waals surface area contributed by atoms with Crippen LogP contribution in [0.3, 0.4) is 0 Å². The molecule has 26 heavy (non-hydrogen) atoms. The Morgan fingerprint density at radius 3 is 2.54 bits per heavy atom. The summed E-state index contributed by atoms with van der Waals surface area (Å²) in [6.45, 7) is 3.01. The van der Waals surface area contributed by atoms with Crippen molar-refractivity contribution in [3.63, 3.8) is 0 Å². The van der Waals surface area contributed by atoms with E-state index in [4.69, 9.17) is 15.0 Å². The third-order valence-electron chi connectivity index (χ3n) is 4.55. The van der Waals surface area contributed by atoms with Crippen molar-refractivity contribution >= 4 is 0 Å². The summed E-state index contributed by atoms with van der Waals surface area (Å²) in [5, 5.41) is 3.95. The number of methoxy groups -OCH3 is 1. The summed E-state index contributed by atoms with van der Waals surface area (Å²) in [4.78, 5) is 6.43. The monoisotopic (exact) mass is 352 g/mol. The molecule has 3 aromatic rings. The van der Waals surface area contributed by atoms with E-state index < -0.39 is 0 Å². The molecule has 0 spiro atoms. The number of rotatable bonds is 7. The van der Waals surface area contributed by atoms with Crippen molar-refractivity contribution in [1.82, 2.24) is 15.0 Å². The van der Waals surface area contributed by atoms with Gasteiger partial charge in [-0.15, -0.1) is 0 Å². The Morgan fingerprint density at radius 2 is 1.88 bits per heavy atom. The molecule has 0 aliphatic carbocycles. The van der Waals surface area contributed by atoms with E-state index in [1.165, 1.54) is 5.56 Å². The van der Waals surface area contributed by atoms with E-state index in [9.17, 15) is 0 Å². The van der Waals surface area contributed by atoms with E-state index in [2.05, 4.69) is 52.3 Å². The highest BCUT2D eigenvalue weighted by atomic mass is 16.5. The maximum absolute atomic E-state index is 5.51. The van der Waals surface area contributed by atoms with Gasteiger partial charge < -0.3 is 15.0 Å². The van der Waals surface area contributed by atoms with Crippen molar-refractivity contribution in [2.45, 2.75) is 26.1 Å². The predicted molar refractivity (Wildman–Crippen MR) is 101 cm³/mol. The molecule has 6 heteroatoms. The fourth-order valence-electron chi connectivity index (χ4n) is 2.88. The summed E-state index contributed by atoms with van der Waals surface area (Å²) in [5.41, 5.74) is 8.94. The molecule has 1 aromatic heterocycles. The van der Waals surface area contributed by atoms with Gasteiger partial charge in [0.1, 0.15) is 5.75 Å². The van der Waals surface area contributed by atoms with Crippen molar-refractivity contribution in [3.05, 3.63) is 65.8 Å². The van der Waals surface area contributed by atoms with E-state index in [0.717, 1.165) is 16.9 Å². The van der Waals surface area contributed by atoms with Crippen molar-refractivity contribution < 1.29 is 9.26 Å². The molecule has 0 fully saturated rings. The average Bonchev–Trinajstić information content (AvgIpc) is 3.15. The van der Waals surface area contributed by atoms with Gasteiger partial charge >= 0.3 is 0 Å². The zero-order valence-corrected chi connectivity index (χ0v) is 15.3. The molecule has 6 nitrogen and oxygen atoms in total. The molecule has 136 valence electrons. The predicted octanol–water partition coefficient (Wildman–Crippen LogP) is 3.40. The van der Waals surface area contributed by atoms with Crippen LogP contribution in [0.2, 0.25) is 0 Å². The summed E-state index contributed by atoms with van der Waals surface area (Å²) in [6, 6.07) is 16.8. The van der Waals surface area contributed by atoms with Gasteiger partial charge in [0, 0.05) is 11.6 Å². The lowest BCUT2D eigenvalue weighted by Gasteiger charge is -2.24. The first-order valence-electron chi connectivity index (χ1n) is 8.57. The Labute approximate surface area is 153 Å². The molecule has 3 rings (SSSR count). The van der Waals surface area contributed by atoms with E-state index in [-0.39, 0.29) is 12.6 Å². The molecule has 2 N–H and O–H groups in total. The highest BCUT2D eigenvalue weighted by molar-refractivity contribution is 5.70. The Bertz CT molecular complexity index is 845. The molecule has 0 aliphatic heterocycles. The zero-order valence-electron chi connectivity index (χ0n) is 15.3. The van der Waals surface area contributed by atoms with Crippen molar-refractivity contribution in [3.8, 4) is 16.9 Å². The molecule has 0 bridgehead atoms. The van der Waals surface area contributed by atoms with Crippen LogP contribution in [0.25, 0.3) is 11.1 Å². The summed E-state index contributed by atoms with van der Waals surface area (Å²) >= 11 is 0. The lowest BCUT2D eigenvalue weighted by atomic mass is 10.00. The first-order chi connectivity index (χ1) is 12.6. The SMILES string of the molecule is COc1ccccc1-c1ccc(C(C)N(C)Cc2noc(CN)n2)cc1. The van der Waals surface area contributed by atoms with Crippen LogP contribution in [-0.2, 0) is 13.1 Å². The number of aromatic nitrogens is 2. The van der Waals surface area contributed by atoms with Crippen LogP contribution >= 0.6 is 0 Å². The molecular formula is C20H24N4O2. The van der Waals surface area contributed by atoms with Gasteiger partial charge in [-0.3, -0.25) is 4.90 Å². The number of para-hydroxylation sites is 1. The maximum Gasteiger partial charge on any atom is 0.240 e. The van der Waals surface area contributed by atoms with E-state index >= 15 is 0 Å². The third-order valence-corrected chi connectivity index (χ3v) is 4.55. The Morgan fingerprint density at radius 1 is 1.15 bits per heavy atom. The molecule has 1 unspecified atom stereocenters. The lowest BCUT2D eigenvalue weighted by molar-refractivity contribution is 0.242. The topological polar surface area (TPSA) is 77.4 Å². The number of hydrogen-bond donors (Lipinski definition) is 1. The number of benzene rings is 2. The van der Waals surface area contributed by atoms with Gasteiger partial charge in [0.25, 0.3) is 0 Å². The summed E-state index contributed by atoms with van der Waals surface area (Å²) < 4.78 is 10.5. The van der Waals surface area contributed by atoms with Gasteiger partial charge in [-0.2, -0.15) is 4.98 Å². The molecule has 0 amide bonds. The fraction of sp³-hybridized carbons (Fsp3) is 0.300. The molecule has 0 aliphatic rings. The lowest BCUT2D eigenvalue weighted by Crippen LogP contribution is -2.22. The first-order valence-corrected chi connectivity index (χ1v) is 8.57. The summed E-state index contributed by atoms with van der Waals surface area (Å²) in [7, 11) is 3.73. The molecular weight excluding hydrogens is 328 g/mol. The number of nitrogens with two attached hydrogens (primary N) is 1. The van der Waals surface area contributed by atoms with Crippen molar-refractivity contribution in [1.29, 1.82) is 0 Å². The molecule has 2 aromatic carbocycles. The Balaban J connectivity index is 1.72. The normalized spacial score (nSPS) is 12.3. The minimum Gasteiger partial charge on any atom is -0.496 e. The standard InChI is InChI=1S/C20H24N4O2/c1-14(24(2)13-19-22-20(12-21)26-23-19)15-8-10-16(11-9-15)17-6-4-5-7-18(17)25-3/h4-11,14H,12-13,21H2,1-3H3. The van der Waals surface area contributed by atoms with Gasteiger partial charge in [-0.05, 0) is 31.2 Å². The quantitative estimate of drug-likeness (QED) is 0.702. The highest BCUT2D eigenvalue weighted by Gasteiger charge is 2.15. The second-order valence-corrected chi connectivity index (χ2v) is 6.22. The Hall–Kier alpha value is -2.70. The number of hydrogen-bond acceptors (Lipinski definition) is 6. The minimum absolute atomic E-state index is 0.210. The molecule has 1 atom stereocenters. The van der Waals surface area contributed by atoms with Gasteiger partial charge in [0.2, 0.25) is 5.89 Å². The Kier molecular flexibility index (Phi) is 5.65. The summed E-state index contributed by atoms with van der Waals surface area (Å²) in [6.07, 6.45) is 0. The molecule has 0 saturated heterocycles. The number of ether oxygens (including phenoxy) is 1. The van der Waals surface area contributed by atoms with Crippen LogP contribution in [0.15, 0.2) is 53.1 Å². The minimum atomic E-state index is 0.210. The van der Waals surface area contributed by atoms with Gasteiger partial charge in [0.05, 0.1) is 20.2 Å². The average molecular weight is 352 g/mol. The van der Waals surface area contributed by atoms with Gasteiger partial charge in [-0.1, -0.05) is 47.6 Å². The zero-order chi connectivity index (χ0) is 18.5. The van der Waals surface area contributed by atoms with Crippen LogP contribution in [0.4, 0.5) is 0 Å². The van der Waals surface area contributed by atoms with Crippen LogP contribution in [0, 0.1) is 0 Å². The van der Waals surface area contributed by atoms with Crippen LogP contribution < -0.4 is 10.5 Å². The molecule has 1 heterocycles. The van der Waals surface area contributed by atoms with Crippen molar-refractivity contribution in [2.75, 3.05) is 14.2 Å². The van der Waals surface area contributed by atoms with E-state index in [0.29, 0.717) is 18.3 Å². The van der Waals surface area contributed by atoms with Crippen LogP contribution in [0.1, 0.15) is 30.2 Å². The van der Waals surface area contributed by atoms with E-state index in [1.807, 2.05) is 25.2 Å². The second-order valence-electron chi connectivity index (χ2n) is 6.22. The maximum atomic E-state index is 5.51. The third kappa shape index (κ3) is 3.92. The summed E-state index contributed by atoms with van der Waals surface area (Å²) in [5.74, 6) is 1.98. The fourth-order valence-corrected chi connectivity index (χ4v) is 2.88. The van der Waals surface area contributed by atoms with E-state index in [1.54, 1.807) is 7.11 Å². The van der Waals surface area contributed by atoms with Gasteiger partial charge in [-0.25, -0.2) is 0 Å². The molecule has 0 saturated carbocycles.